The van der Waals surface area contributed by atoms with Gasteiger partial charge in [-0.05, 0) is 37.1 Å². The number of anilines is 2. The van der Waals surface area contributed by atoms with E-state index in [4.69, 9.17) is 21.2 Å². The first-order chi connectivity index (χ1) is 14.6. The number of methoxy groups -OCH3 is 1. The number of nitrogen functional groups attached to an aromatic ring is 1. The number of H-pyrrole nitrogens is 1. The summed E-state index contributed by atoms with van der Waals surface area (Å²) in [6.07, 6.45) is 7.87. The van der Waals surface area contributed by atoms with Crippen molar-refractivity contribution in [2.45, 2.75) is 37.8 Å². The van der Waals surface area contributed by atoms with E-state index < -0.39 is 0 Å². The molecule has 1 saturated carbocycles. The van der Waals surface area contributed by atoms with Gasteiger partial charge in [0.15, 0.2) is 0 Å². The molecule has 0 aliphatic heterocycles. The molecular formula is C22H25N7O. The highest BCUT2D eigenvalue weighted by atomic mass is 16.5. The number of pyridine rings is 1. The molecule has 4 aromatic rings. The molecule has 1 aromatic carbocycles. The topological polar surface area (TPSA) is 128 Å². The number of nitrogens with two attached hydrogens (primary N) is 2. The van der Waals surface area contributed by atoms with Gasteiger partial charge in [0.1, 0.15) is 11.6 Å². The molecule has 0 unspecified atom stereocenters. The number of rotatable bonds is 4. The molecule has 0 spiro atoms. The van der Waals surface area contributed by atoms with E-state index in [2.05, 4.69) is 26.3 Å². The number of nitrogens with zero attached hydrogens (tertiary/aromatic N) is 3. The molecule has 30 heavy (non-hydrogen) atoms. The second kappa shape index (κ2) is 7.46. The first-order valence-electron chi connectivity index (χ1n) is 10.2. The lowest BCUT2D eigenvalue weighted by molar-refractivity contribution is 0.402. The van der Waals surface area contributed by atoms with Crippen LogP contribution in [0, 0.1) is 0 Å². The normalized spacial score (nSPS) is 19.3. The molecule has 1 aliphatic rings. The summed E-state index contributed by atoms with van der Waals surface area (Å²) in [5.41, 5.74) is 15.9. The van der Waals surface area contributed by atoms with Gasteiger partial charge in [-0.25, -0.2) is 15.0 Å². The van der Waals surface area contributed by atoms with E-state index in [0.717, 1.165) is 51.7 Å². The van der Waals surface area contributed by atoms with Crippen LogP contribution in [0.25, 0.3) is 33.1 Å². The molecule has 0 bridgehead atoms. The molecule has 1 aliphatic carbocycles. The average molecular weight is 403 g/mol. The van der Waals surface area contributed by atoms with E-state index >= 15 is 0 Å². The summed E-state index contributed by atoms with van der Waals surface area (Å²) < 4.78 is 5.34. The van der Waals surface area contributed by atoms with Crippen molar-refractivity contribution in [2.75, 3.05) is 18.2 Å². The maximum Gasteiger partial charge on any atom is 0.223 e. The van der Waals surface area contributed by atoms with E-state index in [0.29, 0.717) is 11.8 Å². The summed E-state index contributed by atoms with van der Waals surface area (Å²) in [6, 6.07) is 8.28. The van der Waals surface area contributed by atoms with Crippen molar-refractivity contribution in [3.63, 3.8) is 0 Å². The smallest absolute Gasteiger partial charge is 0.223 e. The number of hydrogen-bond acceptors (Lipinski definition) is 7. The Balaban J connectivity index is 1.58. The fraction of sp³-hybridized carbons (Fsp3) is 0.318. The van der Waals surface area contributed by atoms with Gasteiger partial charge in [0.2, 0.25) is 5.95 Å². The van der Waals surface area contributed by atoms with Crippen LogP contribution in [0.15, 0.2) is 36.7 Å². The van der Waals surface area contributed by atoms with Crippen molar-refractivity contribution < 1.29 is 4.74 Å². The van der Waals surface area contributed by atoms with Crippen molar-refractivity contribution >= 4 is 33.6 Å². The fourth-order valence-electron chi connectivity index (χ4n) is 4.19. The van der Waals surface area contributed by atoms with E-state index in [1.165, 1.54) is 12.8 Å². The summed E-state index contributed by atoms with van der Waals surface area (Å²) in [7, 11) is 1.66. The number of benzene rings is 1. The Morgan fingerprint density at radius 1 is 1.13 bits per heavy atom. The third kappa shape index (κ3) is 3.29. The summed E-state index contributed by atoms with van der Waals surface area (Å²) in [5.74, 6) is 1.79. The van der Waals surface area contributed by atoms with Crippen LogP contribution in [0.3, 0.4) is 0 Å². The fourth-order valence-corrected chi connectivity index (χ4v) is 4.19. The lowest BCUT2D eigenvalue weighted by Gasteiger charge is -2.29. The van der Waals surface area contributed by atoms with Crippen LogP contribution >= 0.6 is 0 Å². The van der Waals surface area contributed by atoms with Crippen molar-refractivity contribution in [3.05, 3.63) is 36.7 Å². The van der Waals surface area contributed by atoms with Crippen LogP contribution in [0.1, 0.15) is 25.7 Å². The van der Waals surface area contributed by atoms with Gasteiger partial charge in [-0.3, -0.25) is 0 Å². The lowest BCUT2D eigenvalue weighted by atomic mass is 9.91. The molecule has 2 atom stereocenters. The number of nitrogens with one attached hydrogen (secondary N) is 2. The van der Waals surface area contributed by atoms with E-state index in [1.54, 1.807) is 19.5 Å². The maximum absolute atomic E-state index is 6.29. The van der Waals surface area contributed by atoms with Gasteiger partial charge in [0.05, 0.1) is 23.7 Å². The summed E-state index contributed by atoms with van der Waals surface area (Å²) in [5, 5.41) is 5.20. The van der Waals surface area contributed by atoms with Crippen LogP contribution in [0.2, 0.25) is 0 Å². The Kier molecular flexibility index (Phi) is 4.63. The first-order valence-corrected chi connectivity index (χ1v) is 10.2. The molecule has 8 nitrogen and oxygen atoms in total. The standard InChI is InChI=1S/C22H25N7O/c1-30-13-6-7-17-12(8-13)9-19(27-17)14-10-25-21(24)15-11-26-22(29-20(14)15)28-18-5-3-2-4-16(18)23/h6-11,16,18,27H,2-5,23H2,1H3,(H2,24,25)(H,26,28,29)/t16-,18+/m0/s1. The summed E-state index contributed by atoms with van der Waals surface area (Å²) in [4.78, 5) is 17.1. The SMILES string of the molecule is COc1ccc2[nH]c(-c3cnc(N)c4cnc(N[C@@H]5CCCC[C@@H]5N)nc34)cc2c1. The quantitative estimate of drug-likeness (QED) is 0.411. The third-order valence-corrected chi connectivity index (χ3v) is 5.90. The van der Waals surface area contributed by atoms with Crippen LogP contribution in [-0.4, -0.2) is 39.1 Å². The Bertz CT molecular complexity index is 1220. The molecule has 1 fully saturated rings. The maximum atomic E-state index is 6.29. The lowest BCUT2D eigenvalue weighted by Crippen LogP contribution is -2.42. The van der Waals surface area contributed by atoms with E-state index in [1.807, 2.05) is 18.2 Å². The highest BCUT2D eigenvalue weighted by Crippen LogP contribution is 2.32. The van der Waals surface area contributed by atoms with Crippen LogP contribution in [-0.2, 0) is 0 Å². The van der Waals surface area contributed by atoms with Gasteiger partial charge in [0.25, 0.3) is 0 Å². The summed E-state index contributed by atoms with van der Waals surface area (Å²) in [6.45, 7) is 0. The molecule has 0 saturated heterocycles. The number of aromatic nitrogens is 4. The number of aromatic amines is 1. The zero-order valence-corrected chi connectivity index (χ0v) is 16.9. The number of ether oxygens (including phenoxy) is 1. The van der Waals surface area contributed by atoms with Gasteiger partial charge >= 0.3 is 0 Å². The van der Waals surface area contributed by atoms with Gasteiger partial charge < -0.3 is 26.5 Å². The Hall–Kier alpha value is -3.39. The Labute approximate surface area is 174 Å². The first kappa shape index (κ1) is 18.6. The van der Waals surface area contributed by atoms with Crippen LogP contribution in [0.4, 0.5) is 11.8 Å². The average Bonchev–Trinajstić information content (AvgIpc) is 3.18. The molecule has 0 radical (unpaired) electrons. The largest absolute Gasteiger partial charge is 0.497 e. The molecule has 3 heterocycles. The van der Waals surface area contributed by atoms with Gasteiger partial charge in [-0.2, -0.15) is 0 Å². The second-order valence-electron chi connectivity index (χ2n) is 7.85. The molecule has 0 amide bonds. The van der Waals surface area contributed by atoms with Crippen LogP contribution < -0.4 is 21.5 Å². The highest BCUT2D eigenvalue weighted by molar-refractivity contribution is 6.00. The molecule has 154 valence electrons. The minimum Gasteiger partial charge on any atom is -0.497 e. The van der Waals surface area contributed by atoms with Crippen LogP contribution in [0.5, 0.6) is 5.75 Å². The third-order valence-electron chi connectivity index (χ3n) is 5.90. The highest BCUT2D eigenvalue weighted by Gasteiger charge is 2.23. The Morgan fingerprint density at radius 2 is 2.00 bits per heavy atom. The molecule has 5 rings (SSSR count). The van der Waals surface area contributed by atoms with Crippen molar-refractivity contribution in [1.29, 1.82) is 0 Å². The van der Waals surface area contributed by atoms with Gasteiger partial charge in [0, 0.05) is 40.9 Å². The van der Waals surface area contributed by atoms with Crippen molar-refractivity contribution in [3.8, 4) is 17.0 Å². The predicted molar refractivity (Wildman–Crippen MR) is 119 cm³/mol. The molecule has 3 aromatic heterocycles. The number of fused-ring (bicyclic) bond motifs is 2. The minimum atomic E-state index is 0.115. The van der Waals surface area contributed by atoms with Crippen molar-refractivity contribution in [1.82, 2.24) is 19.9 Å². The Morgan fingerprint density at radius 3 is 2.83 bits per heavy atom. The zero-order valence-electron chi connectivity index (χ0n) is 16.9. The van der Waals surface area contributed by atoms with E-state index in [-0.39, 0.29) is 12.1 Å². The summed E-state index contributed by atoms with van der Waals surface area (Å²) >= 11 is 0. The predicted octanol–water partition coefficient (Wildman–Crippen LogP) is 3.45. The minimum absolute atomic E-state index is 0.115. The molecular weight excluding hydrogens is 378 g/mol. The molecule has 8 heteroatoms. The monoisotopic (exact) mass is 403 g/mol. The number of hydrogen-bond donors (Lipinski definition) is 4. The zero-order chi connectivity index (χ0) is 20.7. The second-order valence-corrected chi connectivity index (χ2v) is 7.85. The van der Waals surface area contributed by atoms with Gasteiger partial charge in [-0.15, -0.1) is 0 Å². The van der Waals surface area contributed by atoms with Crippen molar-refractivity contribution in [2.24, 2.45) is 5.73 Å². The van der Waals surface area contributed by atoms with Gasteiger partial charge in [-0.1, -0.05) is 12.8 Å². The van der Waals surface area contributed by atoms with E-state index in [9.17, 15) is 0 Å². The molecule has 6 N–H and O–H groups in total.